The van der Waals surface area contributed by atoms with Gasteiger partial charge in [0.2, 0.25) is 0 Å². The van der Waals surface area contributed by atoms with Crippen LogP contribution in [0, 0.1) is 0 Å². The quantitative estimate of drug-likeness (QED) is 0.227. The van der Waals surface area contributed by atoms with Crippen molar-refractivity contribution in [2.24, 2.45) is 4.99 Å². The van der Waals surface area contributed by atoms with E-state index in [-0.39, 0.29) is 35.5 Å². The van der Waals surface area contributed by atoms with Crippen molar-refractivity contribution in [3.8, 4) is 0 Å². The van der Waals surface area contributed by atoms with Crippen molar-refractivity contribution in [2.75, 3.05) is 20.2 Å². The van der Waals surface area contributed by atoms with E-state index in [2.05, 4.69) is 60.8 Å². The summed E-state index contributed by atoms with van der Waals surface area (Å²) < 4.78 is 5.90. The second-order valence-corrected chi connectivity index (χ2v) is 8.38. The van der Waals surface area contributed by atoms with Gasteiger partial charge < -0.3 is 15.4 Å². The van der Waals surface area contributed by atoms with Crippen molar-refractivity contribution < 1.29 is 4.74 Å². The highest BCUT2D eigenvalue weighted by Crippen LogP contribution is 2.25. The number of aliphatic imine (C=N–C) groups is 1. The van der Waals surface area contributed by atoms with Crippen molar-refractivity contribution in [3.63, 3.8) is 0 Å². The first-order valence-corrected chi connectivity index (χ1v) is 10.3. The maximum Gasteiger partial charge on any atom is 0.191 e. The zero-order chi connectivity index (χ0) is 19.7. The van der Waals surface area contributed by atoms with Gasteiger partial charge in [0.15, 0.2) is 5.96 Å². The topological polar surface area (TPSA) is 58.5 Å². The van der Waals surface area contributed by atoms with Gasteiger partial charge in [0.1, 0.15) is 0 Å². The monoisotopic (exact) mass is 516 g/mol. The van der Waals surface area contributed by atoms with E-state index in [1.54, 1.807) is 18.4 Å². The van der Waals surface area contributed by atoms with Crippen LogP contribution < -0.4 is 10.6 Å². The Labute approximate surface area is 190 Å². The van der Waals surface area contributed by atoms with Crippen LogP contribution in [-0.4, -0.2) is 31.1 Å². The molecule has 1 aromatic carbocycles. The fourth-order valence-electron chi connectivity index (χ4n) is 2.49. The van der Waals surface area contributed by atoms with Gasteiger partial charge in [-0.05, 0) is 18.9 Å². The van der Waals surface area contributed by atoms with Gasteiger partial charge in [0.05, 0.1) is 23.4 Å². The van der Waals surface area contributed by atoms with Crippen LogP contribution in [0.1, 0.15) is 56.5 Å². The lowest BCUT2D eigenvalue weighted by Crippen LogP contribution is -2.37. The molecule has 0 saturated heterocycles. The number of ether oxygens (including phenoxy) is 1. The van der Waals surface area contributed by atoms with Crippen LogP contribution in [0.2, 0.25) is 0 Å². The average Bonchev–Trinajstić information content (AvgIpc) is 3.14. The smallest absolute Gasteiger partial charge is 0.191 e. The molecule has 2 rings (SSSR count). The molecule has 7 heteroatoms. The molecule has 156 valence electrons. The number of benzene rings is 1. The zero-order valence-corrected chi connectivity index (χ0v) is 20.6. The Morgan fingerprint density at radius 3 is 2.54 bits per heavy atom. The molecule has 2 aromatic rings. The minimum absolute atomic E-state index is 0. The molecule has 0 aliphatic heterocycles. The lowest BCUT2D eigenvalue weighted by atomic mass is 9.98. The van der Waals surface area contributed by atoms with E-state index in [1.165, 1.54) is 5.56 Å². The number of hydrogen-bond acceptors (Lipinski definition) is 4. The number of thiazole rings is 1. The fraction of sp³-hybridized carbons (Fsp3) is 0.524. The summed E-state index contributed by atoms with van der Waals surface area (Å²) in [6, 6.07) is 10.3. The zero-order valence-electron chi connectivity index (χ0n) is 17.5. The summed E-state index contributed by atoms with van der Waals surface area (Å²) in [6.07, 6.45) is 1.04. The normalized spacial score (nSPS) is 13.0. The molecule has 1 heterocycles. The van der Waals surface area contributed by atoms with Gasteiger partial charge in [-0.25, -0.2) is 4.98 Å². The molecule has 0 saturated carbocycles. The number of nitrogens with zero attached hydrogens (tertiary/aromatic N) is 2. The Kier molecular flexibility index (Phi) is 11.0. The first kappa shape index (κ1) is 24.8. The van der Waals surface area contributed by atoms with Gasteiger partial charge in [0, 0.05) is 31.0 Å². The molecule has 1 aromatic heterocycles. The third-order valence-electron chi connectivity index (χ3n) is 4.10. The highest BCUT2D eigenvalue weighted by Gasteiger charge is 2.17. The number of hydrogen-bond donors (Lipinski definition) is 2. The molecule has 0 aliphatic carbocycles. The van der Waals surface area contributed by atoms with Gasteiger partial charge >= 0.3 is 0 Å². The number of halogens is 1. The SMILES string of the molecule is CN=C(NCCCOC(C)c1ccccc1)NCc1csc(C(C)(C)C)n1.I. The van der Waals surface area contributed by atoms with Crippen LogP contribution >= 0.6 is 35.3 Å². The molecular weight excluding hydrogens is 483 g/mol. The van der Waals surface area contributed by atoms with E-state index in [4.69, 9.17) is 9.72 Å². The van der Waals surface area contributed by atoms with Crippen molar-refractivity contribution in [2.45, 2.75) is 52.2 Å². The lowest BCUT2D eigenvalue weighted by Gasteiger charge is -2.15. The number of guanidine groups is 1. The summed E-state index contributed by atoms with van der Waals surface area (Å²) in [5, 5.41) is 9.91. The van der Waals surface area contributed by atoms with Crippen LogP contribution in [0.5, 0.6) is 0 Å². The molecule has 1 unspecified atom stereocenters. The second-order valence-electron chi connectivity index (χ2n) is 7.52. The highest BCUT2D eigenvalue weighted by atomic mass is 127. The van der Waals surface area contributed by atoms with Crippen LogP contribution in [0.25, 0.3) is 0 Å². The number of aromatic nitrogens is 1. The van der Waals surface area contributed by atoms with E-state index in [1.807, 2.05) is 18.2 Å². The van der Waals surface area contributed by atoms with Gasteiger partial charge in [-0.1, -0.05) is 51.1 Å². The molecule has 0 amide bonds. The van der Waals surface area contributed by atoms with E-state index < -0.39 is 0 Å². The number of rotatable bonds is 8. The van der Waals surface area contributed by atoms with Crippen molar-refractivity contribution in [1.82, 2.24) is 15.6 Å². The highest BCUT2D eigenvalue weighted by molar-refractivity contribution is 14.0. The Balaban J connectivity index is 0.00000392. The van der Waals surface area contributed by atoms with Crippen LogP contribution in [-0.2, 0) is 16.7 Å². The first-order chi connectivity index (χ1) is 12.9. The Morgan fingerprint density at radius 1 is 1.21 bits per heavy atom. The van der Waals surface area contributed by atoms with Gasteiger partial charge in [-0.3, -0.25) is 4.99 Å². The van der Waals surface area contributed by atoms with Gasteiger partial charge in [-0.2, -0.15) is 0 Å². The molecule has 1 atom stereocenters. The van der Waals surface area contributed by atoms with Crippen molar-refractivity contribution >= 4 is 41.3 Å². The fourth-order valence-corrected chi connectivity index (χ4v) is 3.39. The minimum atomic E-state index is 0. The van der Waals surface area contributed by atoms with Crippen LogP contribution in [0.4, 0.5) is 0 Å². The predicted octanol–water partition coefficient (Wildman–Crippen LogP) is 4.89. The Bertz CT molecular complexity index is 713. The summed E-state index contributed by atoms with van der Waals surface area (Å²) in [7, 11) is 1.78. The summed E-state index contributed by atoms with van der Waals surface area (Å²) >= 11 is 1.71. The first-order valence-electron chi connectivity index (χ1n) is 9.46. The van der Waals surface area contributed by atoms with Crippen LogP contribution in [0.3, 0.4) is 0 Å². The Hall–Kier alpha value is -1.19. The number of nitrogens with one attached hydrogen (secondary N) is 2. The summed E-state index contributed by atoms with van der Waals surface area (Å²) in [6.45, 7) is 10.8. The molecule has 0 spiro atoms. The molecule has 28 heavy (non-hydrogen) atoms. The molecular formula is C21H33IN4OS. The van der Waals surface area contributed by atoms with Crippen molar-refractivity contribution in [3.05, 3.63) is 52.0 Å². The van der Waals surface area contributed by atoms with Gasteiger partial charge in [0.25, 0.3) is 0 Å². The largest absolute Gasteiger partial charge is 0.374 e. The lowest BCUT2D eigenvalue weighted by molar-refractivity contribution is 0.0646. The van der Waals surface area contributed by atoms with Crippen molar-refractivity contribution in [1.29, 1.82) is 0 Å². The summed E-state index contributed by atoms with van der Waals surface area (Å²) in [5.74, 6) is 0.788. The third-order valence-corrected chi connectivity index (χ3v) is 5.42. The summed E-state index contributed by atoms with van der Waals surface area (Å²) in [5.41, 5.74) is 2.36. The van der Waals surface area contributed by atoms with Gasteiger partial charge in [-0.15, -0.1) is 35.3 Å². The molecule has 0 aliphatic rings. The molecule has 2 N–H and O–H groups in total. The standard InChI is InChI=1S/C21H32N4OS.HI/c1-16(17-10-7-6-8-11-17)26-13-9-12-23-20(22-5)24-14-18-15-27-19(25-18)21(2,3)4;/h6-8,10-11,15-16H,9,12-14H2,1-5H3,(H2,22,23,24);1H. The molecule has 0 fully saturated rings. The maximum atomic E-state index is 5.90. The molecule has 5 nitrogen and oxygen atoms in total. The average molecular weight is 516 g/mol. The molecule has 0 bridgehead atoms. The summed E-state index contributed by atoms with van der Waals surface area (Å²) in [4.78, 5) is 8.97. The molecule has 0 radical (unpaired) electrons. The minimum Gasteiger partial charge on any atom is -0.374 e. The Morgan fingerprint density at radius 2 is 1.93 bits per heavy atom. The van der Waals surface area contributed by atoms with E-state index >= 15 is 0 Å². The third kappa shape index (κ3) is 8.45. The van der Waals surface area contributed by atoms with Crippen LogP contribution in [0.15, 0.2) is 40.7 Å². The maximum absolute atomic E-state index is 5.90. The predicted molar refractivity (Wildman–Crippen MR) is 130 cm³/mol. The second kappa shape index (κ2) is 12.4. The van der Waals surface area contributed by atoms with E-state index in [0.717, 1.165) is 29.6 Å². The van der Waals surface area contributed by atoms with E-state index in [0.29, 0.717) is 13.2 Å². The van der Waals surface area contributed by atoms with E-state index in [9.17, 15) is 0 Å².